The molecule has 1 aliphatic heterocycles. The zero-order valence-corrected chi connectivity index (χ0v) is 18.9. The van der Waals surface area contributed by atoms with Gasteiger partial charge in [0.15, 0.2) is 0 Å². The molecule has 0 amide bonds. The first kappa shape index (κ1) is 21.8. The summed E-state index contributed by atoms with van der Waals surface area (Å²) in [7, 11) is -1.87. The van der Waals surface area contributed by atoms with Crippen LogP contribution in [0.1, 0.15) is 89.0 Å². The maximum absolute atomic E-state index is 2.55. The number of rotatable bonds is 3. The number of allylic oxidation sites excluding steroid dienone is 2. The first-order valence-electron chi connectivity index (χ1n) is 8.37. The molecule has 0 bridgehead atoms. The second kappa shape index (κ2) is 6.35. The normalized spacial score (nSPS) is 17.0. The number of hydrogen-bond acceptors (Lipinski definition) is 0. The molecule has 0 N–H and O–H groups in total. The summed E-state index contributed by atoms with van der Waals surface area (Å²) in [5.74, 6) is 0. The van der Waals surface area contributed by atoms with Gasteiger partial charge in [0, 0.05) is 0 Å². The zero-order chi connectivity index (χ0) is 16.1. The second-order valence-corrected chi connectivity index (χ2v) is 21.2. The Labute approximate surface area is 149 Å². The fourth-order valence-corrected chi connectivity index (χ4v) is 29.3. The summed E-state index contributed by atoms with van der Waals surface area (Å²) in [6.45, 7) is 27.7. The van der Waals surface area contributed by atoms with E-state index in [1.165, 1.54) is 12.8 Å². The van der Waals surface area contributed by atoms with E-state index in [1.54, 1.807) is 0 Å². The molecule has 3 heteroatoms. The van der Waals surface area contributed by atoms with E-state index in [4.69, 9.17) is 0 Å². The molecule has 21 heavy (non-hydrogen) atoms. The molecule has 118 valence electrons. The van der Waals surface area contributed by atoms with E-state index < -0.39 is 7.59 Å². The van der Waals surface area contributed by atoms with Crippen LogP contribution >= 0.6 is 0 Å². The third-order valence-electron chi connectivity index (χ3n) is 5.36. The Morgan fingerprint density at radius 3 is 1.05 bits per heavy atom. The summed E-state index contributed by atoms with van der Waals surface area (Å²) in [5.41, 5.74) is 0. The quantitative estimate of drug-likeness (QED) is 0.698. The standard InChI is InChI=1S/C18H37Si2.Li/c1-12-14-15(13-2)19(14)20(16(3,4)5,17(6,7)8)18(9,10)11;/h12-13H2,1-11H3;/q-1;+1. The van der Waals surface area contributed by atoms with Gasteiger partial charge in [0.05, 0.1) is 0 Å². The van der Waals surface area contributed by atoms with E-state index in [1.807, 2.05) is 10.4 Å². The van der Waals surface area contributed by atoms with Crippen molar-refractivity contribution in [2.24, 2.45) is 0 Å². The van der Waals surface area contributed by atoms with Crippen molar-refractivity contribution in [3.63, 3.8) is 0 Å². The van der Waals surface area contributed by atoms with Crippen molar-refractivity contribution in [2.75, 3.05) is 0 Å². The third-order valence-corrected chi connectivity index (χ3v) is 25.9. The van der Waals surface area contributed by atoms with Gasteiger partial charge < -0.3 is 0 Å². The van der Waals surface area contributed by atoms with Crippen LogP contribution in [-0.4, -0.2) is 15.9 Å². The van der Waals surface area contributed by atoms with Gasteiger partial charge in [-0.1, -0.05) is 112 Å². The van der Waals surface area contributed by atoms with Crippen LogP contribution in [0.4, 0.5) is 0 Å². The molecular weight excluding hydrogens is 279 g/mol. The minimum absolute atomic E-state index is 0. The van der Waals surface area contributed by atoms with Gasteiger partial charge in [-0.2, -0.15) is 0 Å². The Morgan fingerprint density at radius 1 is 0.667 bits per heavy atom. The number of hydrogen-bond donors (Lipinski definition) is 0. The third kappa shape index (κ3) is 3.21. The second-order valence-electron chi connectivity index (χ2n) is 9.54. The molecule has 0 fully saturated rings. The average molecular weight is 317 g/mol. The van der Waals surface area contributed by atoms with Gasteiger partial charge in [0.2, 0.25) is 0 Å². The van der Waals surface area contributed by atoms with Gasteiger partial charge in [0.25, 0.3) is 0 Å². The predicted octanol–water partition coefficient (Wildman–Crippen LogP) is 3.62. The zero-order valence-electron chi connectivity index (χ0n) is 16.9. The summed E-state index contributed by atoms with van der Waals surface area (Å²) < 4.78 is 0. The molecule has 0 spiro atoms. The topological polar surface area (TPSA) is 0 Å². The molecule has 0 aromatic rings. The summed E-state index contributed by atoms with van der Waals surface area (Å²) >= 11 is 0. The summed E-state index contributed by atoms with van der Waals surface area (Å²) in [5, 5.41) is 5.24. The molecule has 1 rings (SSSR count). The molecule has 0 saturated carbocycles. The van der Waals surface area contributed by atoms with Crippen molar-refractivity contribution in [2.45, 2.75) is 104 Å². The Hall–Kier alpha value is 0.771. The van der Waals surface area contributed by atoms with Crippen molar-refractivity contribution >= 4 is 15.9 Å². The summed E-state index contributed by atoms with van der Waals surface area (Å²) in [6, 6.07) is 0. The van der Waals surface area contributed by atoms with Crippen molar-refractivity contribution in [1.29, 1.82) is 0 Å². The Balaban J connectivity index is 0.00000400. The fraction of sp³-hybridized carbons (Fsp3) is 0.889. The Bertz CT molecular complexity index is 352. The van der Waals surface area contributed by atoms with Crippen molar-refractivity contribution in [3.05, 3.63) is 10.4 Å². The molecule has 0 aromatic carbocycles. The van der Waals surface area contributed by atoms with Crippen LogP contribution in [-0.2, 0) is 0 Å². The van der Waals surface area contributed by atoms with E-state index >= 15 is 0 Å². The van der Waals surface area contributed by atoms with E-state index in [0.717, 1.165) is 0 Å². The van der Waals surface area contributed by atoms with Crippen LogP contribution in [0, 0.1) is 0 Å². The summed E-state index contributed by atoms with van der Waals surface area (Å²) in [4.78, 5) is 0. The largest absolute Gasteiger partial charge is 1.00 e. The molecule has 0 atom stereocenters. The Morgan fingerprint density at radius 2 is 0.905 bits per heavy atom. The first-order valence-corrected chi connectivity index (χ1v) is 12.9. The van der Waals surface area contributed by atoms with E-state index in [9.17, 15) is 0 Å². The first-order chi connectivity index (χ1) is 8.77. The smallest absolute Gasteiger partial charge is 0.265 e. The molecule has 0 saturated heterocycles. The van der Waals surface area contributed by atoms with Crippen LogP contribution in [0.15, 0.2) is 10.4 Å². The Kier molecular flexibility index (Phi) is 6.58. The molecule has 1 aliphatic rings. The summed E-state index contributed by atoms with van der Waals surface area (Å²) in [6.07, 6.45) is 2.63. The van der Waals surface area contributed by atoms with Gasteiger partial charge in [-0.05, 0) is 0 Å². The maximum Gasteiger partial charge on any atom is 1.00 e. The maximum atomic E-state index is 2.55. The van der Waals surface area contributed by atoms with Crippen LogP contribution in [0.2, 0.25) is 15.1 Å². The van der Waals surface area contributed by atoms with Crippen molar-refractivity contribution < 1.29 is 18.9 Å². The van der Waals surface area contributed by atoms with Crippen LogP contribution in [0.3, 0.4) is 0 Å². The van der Waals surface area contributed by atoms with Crippen molar-refractivity contribution in [1.82, 2.24) is 0 Å². The van der Waals surface area contributed by atoms with Gasteiger partial charge in [-0.25, -0.2) is 0 Å². The molecule has 0 aliphatic carbocycles. The predicted molar refractivity (Wildman–Crippen MR) is 98.3 cm³/mol. The van der Waals surface area contributed by atoms with Gasteiger partial charge >= 0.3 is 18.9 Å². The van der Waals surface area contributed by atoms with Crippen LogP contribution in [0.25, 0.3) is 0 Å². The minimum Gasteiger partial charge on any atom is -0.265 e. The molecule has 1 heterocycles. The van der Waals surface area contributed by atoms with E-state index in [0.29, 0.717) is 15.1 Å². The molecule has 0 unspecified atom stereocenters. The van der Waals surface area contributed by atoms with E-state index in [-0.39, 0.29) is 27.2 Å². The molecular formula is C18H37LiSi2. The van der Waals surface area contributed by atoms with E-state index in [2.05, 4.69) is 76.2 Å². The van der Waals surface area contributed by atoms with Gasteiger partial charge in [0.1, 0.15) is 0 Å². The van der Waals surface area contributed by atoms with Gasteiger partial charge in [-0.3, -0.25) is 18.7 Å². The fourth-order valence-electron chi connectivity index (χ4n) is 6.00. The van der Waals surface area contributed by atoms with Crippen LogP contribution < -0.4 is 18.9 Å². The molecule has 0 aromatic heterocycles. The monoisotopic (exact) mass is 316 g/mol. The minimum atomic E-state index is -1.51. The van der Waals surface area contributed by atoms with Gasteiger partial charge in [-0.15, -0.1) is 0 Å². The molecule has 0 radical (unpaired) electrons. The molecule has 0 nitrogen and oxygen atoms in total. The SMILES string of the molecule is CCC1=C(CC)[Si-]1[Si](C(C)(C)C)(C(C)(C)C)C(C)(C)C.[Li+]. The van der Waals surface area contributed by atoms with Crippen molar-refractivity contribution in [3.8, 4) is 0 Å². The average Bonchev–Trinajstić information content (AvgIpc) is 2.84. The van der Waals surface area contributed by atoms with Crippen LogP contribution in [0.5, 0.6) is 0 Å².